The quantitative estimate of drug-likeness (QED) is 0.439. The lowest BCUT2D eigenvalue weighted by Crippen LogP contribution is -1.97. The van der Waals surface area contributed by atoms with Crippen molar-refractivity contribution in [2.45, 2.75) is 0 Å². The number of aryl methyl sites for hydroxylation is 1. The van der Waals surface area contributed by atoms with Gasteiger partial charge >= 0.3 is 0 Å². The van der Waals surface area contributed by atoms with Crippen LogP contribution in [0.3, 0.4) is 0 Å². The summed E-state index contributed by atoms with van der Waals surface area (Å²) in [5.74, 6) is 0.0518. The fraction of sp³-hybridized carbons (Fsp3) is 0.111. The predicted octanol–water partition coefficient (Wildman–Crippen LogP) is 3.26. The summed E-state index contributed by atoms with van der Waals surface area (Å²) in [6, 6.07) is 11.7. The van der Waals surface area contributed by atoms with Gasteiger partial charge in [-0.1, -0.05) is 12.1 Å². The molecule has 0 aliphatic rings. The average Bonchev–Trinajstić information content (AvgIpc) is 2.97. The second-order valence-electron chi connectivity index (χ2n) is 5.50. The van der Waals surface area contributed by atoms with Crippen LogP contribution in [0.5, 0.6) is 11.5 Å². The molecule has 0 atom stereocenters. The number of nitriles is 1. The lowest BCUT2D eigenvalue weighted by atomic mass is 10.1. The summed E-state index contributed by atoms with van der Waals surface area (Å²) in [4.78, 5) is 14.9. The van der Waals surface area contributed by atoms with E-state index in [-0.39, 0.29) is 28.3 Å². The molecular formula is C18H14N4O4. The molecule has 0 bridgehead atoms. The van der Waals surface area contributed by atoms with Crippen molar-refractivity contribution in [3.63, 3.8) is 0 Å². The van der Waals surface area contributed by atoms with Crippen molar-refractivity contribution in [1.82, 2.24) is 9.55 Å². The second-order valence-corrected chi connectivity index (χ2v) is 5.50. The van der Waals surface area contributed by atoms with Crippen LogP contribution in [0.2, 0.25) is 0 Å². The molecule has 1 heterocycles. The third kappa shape index (κ3) is 2.82. The topological polar surface area (TPSA) is 114 Å². The number of hydrogen-bond acceptors (Lipinski definition) is 6. The average molecular weight is 350 g/mol. The predicted molar refractivity (Wildman–Crippen MR) is 95.5 cm³/mol. The number of methoxy groups -OCH3 is 1. The first-order chi connectivity index (χ1) is 12.5. The molecule has 0 amide bonds. The molecule has 26 heavy (non-hydrogen) atoms. The highest BCUT2D eigenvalue weighted by atomic mass is 16.6. The molecule has 3 aromatic rings. The minimum atomic E-state index is -0.597. The summed E-state index contributed by atoms with van der Waals surface area (Å²) >= 11 is 0. The zero-order chi connectivity index (χ0) is 18.8. The molecule has 8 heteroatoms. The number of non-ortho nitro benzene ring substituents is 1. The van der Waals surface area contributed by atoms with Crippen molar-refractivity contribution in [1.29, 1.82) is 5.26 Å². The molecule has 0 spiro atoms. The Labute approximate surface area is 148 Å². The normalized spacial score (nSPS) is 11.3. The Kier molecular flexibility index (Phi) is 4.29. The van der Waals surface area contributed by atoms with Gasteiger partial charge in [0.25, 0.3) is 5.69 Å². The van der Waals surface area contributed by atoms with Crippen LogP contribution in [-0.4, -0.2) is 26.7 Å². The number of aromatic nitrogens is 2. The van der Waals surface area contributed by atoms with Gasteiger partial charge in [0.05, 0.1) is 34.7 Å². The zero-order valence-electron chi connectivity index (χ0n) is 14.0. The summed E-state index contributed by atoms with van der Waals surface area (Å²) in [7, 11) is 3.06. The summed E-state index contributed by atoms with van der Waals surface area (Å²) < 4.78 is 6.73. The van der Waals surface area contributed by atoms with Crippen LogP contribution in [0.1, 0.15) is 11.4 Å². The maximum Gasteiger partial charge on any atom is 0.274 e. The Morgan fingerprint density at radius 2 is 2.15 bits per heavy atom. The van der Waals surface area contributed by atoms with Gasteiger partial charge in [0.1, 0.15) is 6.07 Å². The van der Waals surface area contributed by atoms with E-state index >= 15 is 0 Å². The van der Waals surface area contributed by atoms with Crippen LogP contribution in [-0.2, 0) is 7.05 Å². The Morgan fingerprint density at radius 1 is 1.42 bits per heavy atom. The standard InChI is InChI=1S/C18H14N4O4/c1-21-15-6-4-3-5-14(15)20-18(21)12(10-19)7-11-8-13(22(24)25)9-16(26-2)17(11)23/h3-9,23H,1-2H3/b12-7+. The number of aromatic hydroxyl groups is 1. The molecule has 1 N–H and O–H groups in total. The summed E-state index contributed by atoms with van der Waals surface area (Å²) in [6.45, 7) is 0. The van der Waals surface area contributed by atoms with Gasteiger partial charge < -0.3 is 14.4 Å². The summed E-state index contributed by atoms with van der Waals surface area (Å²) in [6.07, 6.45) is 1.35. The van der Waals surface area contributed by atoms with E-state index in [1.54, 1.807) is 11.6 Å². The molecule has 130 valence electrons. The number of allylic oxidation sites excluding steroid dienone is 1. The van der Waals surface area contributed by atoms with E-state index in [4.69, 9.17) is 4.74 Å². The molecule has 0 aliphatic heterocycles. The van der Waals surface area contributed by atoms with E-state index < -0.39 is 4.92 Å². The maximum absolute atomic E-state index is 11.1. The van der Waals surface area contributed by atoms with Gasteiger partial charge in [-0.25, -0.2) is 4.98 Å². The minimum absolute atomic E-state index is 0.0484. The molecule has 0 saturated heterocycles. The summed E-state index contributed by atoms with van der Waals surface area (Å²) in [5.41, 5.74) is 1.55. The highest BCUT2D eigenvalue weighted by molar-refractivity contribution is 5.92. The Morgan fingerprint density at radius 3 is 2.77 bits per heavy atom. The number of rotatable bonds is 4. The first-order valence-electron chi connectivity index (χ1n) is 7.55. The Bertz CT molecular complexity index is 1090. The summed E-state index contributed by atoms with van der Waals surface area (Å²) in [5, 5.41) is 30.9. The smallest absolute Gasteiger partial charge is 0.274 e. The van der Waals surface area contributed by atoms with E-state index in [9.17, 15) is 20.5 Å². The van der Waals surface area contributed by atoms with Gasteiger partial charge in [-0.2, -0.15) is 5.26 Å². The third-order valence-corrected chi connectivity index (χ3v) is 3.97. The van der Waals surface area contributed by atoms with E-state index in [2.05, 4.69) is 4.98 Å². The lowest BCUT2D eigenvalue weighted by molar-refractivity contribution is -0.385. The molecule has 0 saturated carbocycles. The first kappa shape index (κ1) is 17.0. The molecule has 3 rings (SSSR count). The maximum atomic E-state index is 11.1. The molecule has 8 nitrogen and oxygen atoms in total. The highest BCUT2D eigenvalue weighted by Crippen LogP contribution is 2.36. The number of phenols is 1. The number of nitro benzene ring substituents is 1. The van der Waals surface area contributed by atoms with Crippen LogP contribution in [0, 0.1) is 21.4 Å². The van der Waals surface area contributed by atoms with Crippen LogP contribution in [0.15, 0.2) is 36.4 Å². The van der Waals surface area contributed by atoms with Gasteiger partial charge in [-0.05, 0) is 18.2 Å². The zero-order valence-corrected chi connectivity index (χ0v) is 14.0. The van der Waals surface area contributed by atoms with Crippen molar-refractivity contribution >= 4 is 28.4 Å². The largest absolute Gasteiger partial charge is 0.504 e. The van der Waals surface area contributed by atoms with E-state index in [0.717, 1.165) is 11.6 Å². The van der Waals surface area contributed by atoms with Gasteiger partial charge in [0, 0.05) is 18.7 Å². The number of para-hydroxylation sites is 2. The van der Waals surface area contributed by atoms with Crippen molar-refractivity contribution < 1.29 is 14.8 Å². The van der Waals surface area contributed by atoms with Crippen LogP contribution in [0.4, 0.5) is 5.69 Å². The van der Waals surface area contributed by atoms with Gasteiger partial charge in [0.2, 0.25) is 0 Å². The first-order valence-corrected chi connectivity index (χ1v) is 7.55. The number of nitrogens with zero attached hydrogens (tertiary/aromatic N) is 4. The Balaban J connectivity index is 2.21. The molecule has 0 fully saturated rings. The monoisotopic (exact) mass is 350 g/mol. The van der Waals surface area contributed by atoms with Crippen molar-refractivity contribution in [2.24, 2.45) is 7.05 Å². The van der Waals surface area contributed by atoms with Crippen molar-refractivity contribution in [3.05, 3.63) is 57.9 Å². The number of benzene rings is 2. The minimum Gasteiger partial charge on any atom is -0.504 e. The number of phenolic OH excluding ortho intramolecular Hbond substituents is 1. The molecule has 0 aliphatic carbocycles. The number of fused-ring (bicyclic) bond motifs is 1. The van der Waals surface area contributed by atoms with Gasteiger partial charge in [0.15, 0.2) is 17.3 Å². The molecule has 0 unspecified atom stereocenters. The van der Waals surface area contributed by atoms with Crippen LogP contribution < -0.4 is 4.74 Å². The fourth-order valence-electron chi connectivity index (χ4n) is 2.67. The molecule has 1 aromatic heterocycles. The number of hydrogen-bond donors (Lipinski definition) is 1. The molecule has 2 aromatic carbocycles. The number of nitro groups is 1. The molecule has 0 radical (unpaired) electrons. The van der Waals surface area contributed by atoms with Gasteiger partial charge in [-0.3, -0.25) is 10.1 Å². The van der Waals surface area contributed by atoms with Crippen LogP contribution >= 0.6 is 0 Å². The fourth-order valence-corrected chi connectivity index (χ4v) is 2.67. The third-order valence-electron chi connectivity index (χ3n) is 3.97. The lowest BCUT2D eigenvalue weighted by Gasteiger charge is -2.07. The highest BCUT2D eigenvalue weighted by Gasteiger charge is 2.18. The Hall–Kier alpha value is -3.86. The SMILES string of the molecule is COc1cc([N+](=O)[O-])cc(/C=C(\C#N)c2nc3ccccc3n2C)c1O. The van der Waals surface area contributed by atoms with E-state index in [1.165, 1.54) is 19.3 Å². The van der Waals surface area contributed by atoms with Crippen molar-refractivity contribution in [3.8, 4) is 17.6 Å². The molecular weight excluding hydrogens is 336 g/mol. The number of ether oxygens (including phenoxy) is 1. The van der Waals surface area contributed by atoms with Crippen molar-refractivity contribution in [2.75, 3.05) is 7.11 Å². The van der Waals surface area contributed by atoms with Crippen LogP contribution in [0.25, 0.3) is 22.7 Å². The van der Waals surface area contributed by atoms with Gasteiger partial charge in [-0.15, -0.1) is 0 Å². The van der Waals surface area contributed by atoms with E-state index in [1.807, 2.05) is 30.3 Å². The second kappa shape index (κ2) is 6.57. The number of imidazole rings is 1. The van der Waals surface area contributed by atoms with E-state index in [0.29, 0.717) is 11.3 Å².